The number of hydrogen-bond acceptors (Lipinski definition) is 18. The van der Waals surface area contributed by atoms with Crippen molar-refractivity contribution in [1.29, 1.82) is 0 Å². The zero-order valence-electron chi connectivity index (χ0n) is 44.0. The molecule has 0 aromatic heterocycles. The Morgan fingerprint density at radius 2 is 1.40 bits per heavy atom. The molecule has 0 N–H and O–H groups in total. The normalized spacial score (nSPS) is 41.0. The van der Waals surface area contributed by atoms with Crippen molar-refractivity contribution in [2.45, 2.75) is 219 Å². The summed E-state index contributed by atoms with van der Waals surface area (Å²) >= 11 is 0. The van der Waals surface area contributed by atoms with E-state index < -0.39 is 138 Å². The Morgan fingerprint density at radius 1 is 0.809 bits per heavy atom. The van der Waals surface area contributed by atoms with Crippen LogP contribution in [0.25, 0.3) is 0 Å². The van der Waals surface area contributed by atoms with E-state index in [2.05, 4.69) is 0 Å². The molecule has 4 saturated heterocycles. The van der Waals surface area contributed by atoms with E-state index in [-0.39, 0.29) is 37.2 Å². The Morgan fingerprint density at radius 3 is 1.93 bits per heavy atom. The molecule has 19 nitrogen and oxygen atoms in total. The van der Waals surface area contributed by atoms with E-state index in [1.807, 2.05) is 32.8 Å². The molecule has 0 aromatic carbocycles. The fraction of sp³-hybridized carbons (Fsp3) is 0.878. The van der Waals surface area contributed by atoms with E-state index in [4.69, 9.17) is 52.1 Å². The van der Waals surface area contributed by atoms with Crippen LogP contribution in [0.4, 0.5) is 4.79 Å². The molecule has 0 saturated carbocycles. The lowest BCUT2D eigenvalue weighted by Gasteiger charge is -2.50. The summed E-state index contributed by atoms with van der Waals surface area (Å²) in [6.07, 6.45) is -8.41. The van der Waals surface area contributed by atoms with Gasteiger partial charge in [-0.25, -0.2) is 4.79 Å². The molecule has 0 aromatic rings. The summed E-state index contributed by atoms with van der Waals surface area (Å²) in [5.41, 5.74) is -4.97. The summed E-state index contributed by atoms with van der Waals surface area (Å²) in [4.78, 5) is 85.5. The van der Waals surface area contributed by atoms with Gasteiger partial charge in [-0.3, -0.25) is 28.9 Å². The molecule has 4 aliphatic heterocycles. The van der Waals surface area contributed by atoms with E-state index >= 15 is 4.79 Å². The van der Waals surface area contributed by atoms with Crippen LogP contribution in [-0.2, 0) is 76.1 Å². The number of likely N-dealkylation sites (N-methyl/N-ethyl adjacent to an activating group) is 1. The van der Waals surface area contributed by atoms with Crippen LogP contribution in [0.2, 0.25) is 0 Å². The van der Waals surface area contributed by atoms with Gasteiger partial charge in [-0.2, -0.15) is 0 Å². The van der Waals surface area contributed by atoms with E-state index in [0.717, 1.165) is 0 Å². The minimum Gasteiger partial charge on any atom is -0.459 e. The zero-order chi connectivity index (χ0) is 51.6. The first-order valence-corrected chi connectivity index (χ1v) is 24.0. The SMILES string of the molecule is CC[C@H]1OC(=O)[C@H](C)[C@@H](O[C@H]2C[C@@](C)(OC)[C@@H](OC(C)=O)[C@H](C)O2)[C@H](C)[C@@H](O[C@@H]2O[C@H](C)C[C@H](N(C)C)[C@H]2OC(C)=O)[C@](C)(OC)C[C@@H](C)C(=O)[C@H](C)[C@H]2N(CC(=O)OC(C)(C)C)C(=O)O[C@]12C. The average molecular weight is 971 g/mol. The summed E-state index contributed by atoms with van der Waals surface area (Å²) in [5, 5.41) is 0. The quantitative estimate of drug-likeness (QED) is 0.177. The molecule has 19 heteroatoms. The monoisotopic (exact) mass is 971 g/mol. The first kappa shape index (κ1) is 57.1. The molecular weight excluding hydrogens is 889 g/mol. The van der Waals surface area contributed by atoms with E-state index in [0.29, 0.717) is 6.42 Å². The number of carbonyl (C=O) groups is 6. The van der Waals surface area contributed by atoms with Crippen molar-refractivity contribution in [1.82, 2.24) is 9.80 Å². The van der Waals surface area contributed by atoms with Crippen LogP contribution in [0.3, 0.4) is 0 Å². The third kappa shape index (κ3) is 12.7. The number of esters is 4. The third-order valence-electron chi connectivity index (χ3n) is 14.4. The Balaban J connectivity index is 1.95. The molecule has 0 bridgehead atoms. The third-order valence-corrected chi connectivity index (χ3v) is 14.4. The van der Waals surface area contributed by atoms with Crippen molar-refractivity contribution in [2.75, 3.05) is 34.9 Å². The Hall–Kier alpha value is -3.46. The number of Topliss-reactive ketones (excluding diaryl/α,β-unsaturated/α-hetero) is 1. The Bertz CT molecular complexity index is 1810. The van der Waals surface area contributed by atoms with E-state index in [1.165, 1.54) is 33.0 Å². The fourth-order valence-corrected chi connectivity index (χ4v) is 11.0. The minimum atomic E-state index is -1.63. The maximum atomic E-state index is 15.0. The molecule has 4 aliphatic rings. The Kier molecular flexibility index (Phi) is 18.7. The highest BCUT2D eigenvalue weighted by atomic mass is 16.7. The summed E-state index contributed by atoms with van der Waals surface area (Å²) in [6, 6.07) is -1.43. The molecule has 390 valence electrons. The van der Waals surface area contributed by atoms with Crippen molar-refractivity contribution in [3.05, 3.63) is 0 Å². The van der Waals surface area contributed by atoms with Crippen molar-refractivity contribution in [3.8, 4) is 0 Å². The van der Waals surface area contributed by atoms with Gasteiger partial charge in [0, 0.05) is 52.2 Å². The van der Waals surface area contributed by atoms with Crippen LogP contribution >= 0.6 is 0 Å². The lowest BCUT2D eigenvalue weighted by Crippen LogP contribution is -2.62. The summed E-state index contributed by atoms with van der Waals surface area (Å²) < 4.78 is 69.3. The number of rotatable bonds is 12. The molecular formula is C49H82N2O17. The predicted octanol–water partition coefficient (Wildman–Crippen LogP) is 5.39. The van der Waals surface area contributed by atoms with E-state index in [1.54, 1.807) is 76.2 Å². The number of hydrogen-bond donors (Lipinski definition) is 0. The van der Waals surface area contributed by atoms with Gasteiger partial charge >= 0.3 is 30.0 Å². The molecule has 4 rings (SSSR count). The molecule has 68 heavy (non-hydrogen) atoms. The molecule has 4 heterocycles. The molecule has 1 amide bonds. The molecule has 0 radical (unpaired) electrons. The predicted molar refractivity (Wildman–Crippen MR) is 245 cm³/mol. The first-order valence-electron chi connectivity index (χ1n) is 24.0. The number of cyclic esters (lactones) is 1. The van der Waals surface area contributed by atoms with Gasteiger partial charge in [0.25, 0.3) is 0 Å². The number of ether oxygens (including phenoxy) is 11. The van der Waals surface area contributed by atoms with Gasteiger partial charge in [0.05, 0.1) is 48.0 Å². The standard InChI is InChI=1S/C49H82N2O17/c1-20-34-49(15)40(51(45(57)68-49)24-35(54)67-46(10,11)12)27(4)37(55)25(2)22-47(13,58-18)41(66-44-39(62-31(8)52)33(50(16)17)21-26(3)60-44)28(5)38(29(6)43(56)64-34)65-36-23-48(14,59-19)42(30(7)61-36)63-32(9)53/h25-30,33-34,36,38-42,44H,20-24H2,1-19H3/t25-,26-,27+,28+,29-,30+,33+,34-,36+,38+,39-,40-,41-,42+,44+,47-,48-,49-/m1/s1. The van der Waals surface area contributed by atoms with E-state index in [9.17, 15) is 24.0 Å². The van der Waals surface area contributed by atoms with Gasteiger partial charge in [-0.1, -0.05) is 27.7 Å². The van der Waals surface area contributed by atoms with Gasteiger partial charge in [0.15, 0.2) is 30.4 Å². The zero-order valence-corrected chi connectivity index (χ0v) is 44.0. The lowest BCUT2D eigenvalue weighted by atomic mass is 9.73. The van der Waals surface area contributed by atoms with Crippen LogP contribution in [0.5, 0.6) is 0 Å². The van der Waals surface area contributed by atoms with Gasteiger partial charge in [-0.15, -0.1) is 0 Å². The lowest BCUT2D eigenvalue weighted by molar-refractivity contribution is -0.320. The van der Waals surface area contributed by atoms with Gasteiger partial charge < -0.3 is 57.0 Å². The van der Waals surface area contributed by atoms with Crippen LogP contribution in [0.15, 0.2) is 0 Å². The topological polar surface area (TPSA) is 210 Å². The largest absolute Gasteiger partial charge is 0.459 e. The maximum Gasteiger partial charge on any atom is 0.411 e. The number of ketones is 1. The smallest absolute Gasteiger partial charge is 0.411 e. The number of carbonyl (C=O) groups excluding carboxylic acids is 6. The van der Waals surface area contributed by atoms with Crippen molar-refractivity contribution < 1.29 is 80.9 Å². The number of nitrogens with zero attached hydrogens (tertiary/aromatic N) is 2. The van der Waals surface area contributed by atoms with Crippen molar-refractivity contribution >= 4 is 35.8 Å². The van der Waals surface area contributed by atoms with Gasteiger partial charge in [0.2, 0.25) is 0 Å². The molecule has 4 fully saturated rings. The second-order valence-corrected chi connectivity index (χ2v) is 21.3. The van der Waals surface area contributed by atoms with Gasteiger partial charge in [-0.05, 0) is 95.7 Å². The van der Waals surface area contributed by atoms with Gasteiger partial charge in [0.1, 0.15) is 29.6 Å². The fourth-order valence-electron chi connectivity index (χ4n) is 11.0. The first-order chi connectivity index (χ1) is 31.4. The average Bonchev–Trinajstić information content (AvgIpc) is 3.48. The molecule has 18 atom stereocenters. The van der Waals surface area contributed by atoms with Crippen LogP contribution in [-0.4, -0.2) is 170 Å². The molecule has 0 aliphatic carbocycles. The summed E-state index contributed by atoms with van der Waals surface area (Å²) in [5.74, 6) is -6.48. The second-order valence-electron chi connectivity index (χ2n) is 21.3. The number of fused-ring (bicyclic) bond motifs is 1. The number of amides is 1. The highest BCUT2D eigenvalue weighted by Crippen LogP contribution is 2.45. The number of methoxy groups -OCH3 is 2. The second kappa shape index (κ2) is 22.3. The highest BCUT2D eigenvalue weighted by molar-refractivity contribution is 5.87. The van der Waals surface area contributed by atoms with Crippen molar-refractivity contribution in [3.63, 3.8) is 0 Å². The van der Waals surface area contributed by atoms with Crippen LogP contribution in [0.1, 0.15) is 130 Å². The highest BCUT2D eigenvalue weighted by Gasteiger charge is 2.61. The van der Waals surface area contributed by atoms with Crippen LogP contribution in [0, 0.1) is 23.7 Å². The maximum absolute atomic E-state index is 15.0. The van der Waals surface area contributed by atoms with Crippen molar-refractivity contribution in [2.24, 2.45) is 23.7 Å². The Labute approximate surface area is 403 Å². The summed E-state index contributed by atoms with van der Waals surface area (Å²) in [6.45, 7) is 24.7. The van der Waals surface area contributed by atoms with Crippen LogP contribution < -0.4 is 0 Å². The minimum absolute atomic E-state index is 0.0368. The summed E-state index contributed by atoms with van der Waals surface area (Å²) in [7, 11) is 6.75. The molecule has 0 spiro atoms. The molecule has 0 unspecified atom stereocenters.